The third-order valence-electron chi connectivity index (χ3n) is 3.59. The molecule has 116 valence electrons. The molecular weight excluding hydrogens is 280 g/mol. The molecule has 1 aliphatic rings. The molecule has 3 amide bonds. The van der Waals surface area contributed by atoms with Crippen LogP contribution in [0.15, 0.2) is 24.3 Å². The number of nitrogens with zero attached hydrogens (tertiary/aromatic N) is 2. The highest BCUT2D eigenvalue weighted by atomic mass is 16.2. The van der Waals surface area contributed by atoms with Crippen LogP contribution in [0.1, 0.15) is 25.3 Å². The zero-order valence-electron chi connectivity index (χ0n) is 12.6. The molecule has 0 unspecified atom stereocenters. The van der Waals surface area contributed by atoms with Crippen molar-refractivity contribution in [3.8, 4) is 6.07 Å². The number of nitriles is 1. The molecule has 1 saturated heterocycles. The van der Waals surface area contributed by atoms with E-state index in [9.17, 15) is 9.59 Å². The maximum absolute atomic E-state index is 11.8. The fraction of sp³-hybridized carbons (Fsp3) is 0.438. The summed E-state index contributed by atoms with van der Waals surface area (Å²) in [5, 5.41) is 14.2. The third-order valence-corrected chi connectivity index (χ3v) is 3.59. The second-order valence-corrected chi connectivity index (χ2v) is 5.57. The number of likely N-dealkylation sites (tertiary alicyclic amines) is 1. The Morgan fingerprint density at radius 1 is 1.41 bits per heavy atom. The van der Waals surface area contributed by atoms with E-state index < -0.39 is 0 Å². The highest BCUT2D eigenvalue weighted by Gasteiger charge is 2.21. The van der Waals surface area contributed by atoms with Crippen LogP contribution < -0.4 is 10.6 Å². The highest BCUT2D eigenvalue weighted by molar-refractivity contribution is 5.89. The maximum Gasteiger partial charge on any atom is 0.319 e. The van der Waals surface area contributed by atoms with Crippen molar-refractivity contribution in [2.75, 3.05) is 25.0 Å². The van der Waals surface area contributed by atoms with Gasteiger partial charge < -0.3 is 15.5 Å². The van der Waals surface area contributed by atoms with E-state index in [1.54, 1.807) is 24.3 Å². The first-order valence-electron chi connectivity index (χ1n) is 7.41. The summed E-state index contributed by atoms with van der Waals surface area (Å²) in [6, 6.07) is 8.41. The van der Waals surface area contributed by atoms with Crippen molar-refractivity contribution in [2.24, 2.45) is 5.92 Å². The van der Waals surface area contributed by atoms with Crippen molar-refractivity contribution >= 4 is 17.6 Å². The number of amides is 3. The van der Waals surface area contributed by atoms with Crippen LogP contribution in [0, 0.1) is 17.2 Å². The molecule has 1 atom stereocenters. The number of benzene rings is 1. The first-order valence-corrected chi connectivity index (χ1v) is 7.41. The summed E-state index contributed by atoms with van der Waals surface area (Å²) in [6.45, 7) is 4.01. The molecule has 6 heteroatoms. The molecule has 22 heavy (non-hydrogen) atoms. The molecule has 2 rings (SSSR count). The SMILES string of the molecule is C[C@H](CNC(=O)Nc1ccc(C#N)cc1)CN1CCCC1=O. The molecule has 1 aliphatic heterocycles. The van der Waals surface area contributed by atoms with Gasteiger partial charge in [-0.15, -0.1) is 0 Å². The molecule has 1 fully saturated rings. The van der Waals surface area contributed by atoms with Crippen molar-refractivity contribution in [1.29, 1.82) is 5.26 Å². The standard InChI is InChI=1S/C16H20N4O2/c1-12(11-20-8-2-3-15(20)21)10-18-16(22)19-14-6-4-13(9-17)5-7-14/h4-7,12H,2-3,8,10-11H2,1H3,(H2,18,19,22)/t12-/m1/s1. The van der Waals surface area contributed by atoms with Crippen LogP contribution in [0.2, 0.25) is 0 Å². The lowest BCUT2D eigenvalue weighted by molar-refractivity contribution is -0.128. The van der Waals surface area contributed by atoms with E-state index in [0.29, 0.717) is 30.8 Å². The molecule has 0 spiro atoms. The smallest absolute Gasteiger partial charge is 0.319 e. The van der Waals surface area contributed by atoms with Gasteiger partial charge in [0.1, 0.15) is 0 Å². The van der Waals surface area contributed by atoms with Gasteiger partial charge in [-0.2, -0.15) is 5.26 Å². The molecule has 0 aliphatic carbocycles. The van der Waals surface area contributed by atoms with Crippen LogP contribution in [0.5, 0.6) is 0 Å². The minimum atomic E-state index is -0.288. The fourth-order valence-corrected chi connectivity index (χ4v) is 2.41. The Hall–Kier alpha value is -2.55. The molecule has 2 N–H and O–H groups in total. The van der Waals surface area contributed by atoms with E-state index in [0.717, 1.165) is 13.0 Å². The quantitative estimate of drug-likeness (QED) is 0.871. The minimum Gasteiger partial charge on any atom is -0.342 e. The summed E-state index contributed by atoms with van der Waals surface area (Å²) in [5.74, 6) is 0.405. The molecule has 0 saturated carbocycles. The van der Waals surface area contributed by atoms with E-state index in [1.165, 1.54) is 0 Å². The Bertz CT molecular complexity index is 577. The number of urea groups is 1. The molecule has 1 aromatic rings. The summed E-state index contributed by atoms with van der Waals surface area (Å²) in [5.41, 5.74) is 1.19. The lowest BCUT2D eigenvalue weighted by Gasteiger charge is -2.21. The largest absolute Gasteiger partial charge is 0.342 e. The van der Waals surface area contributed by atoms with E-state index in [-0.39, 0.29) is 17.9 Å². The van der Waals surface area contributed by atoms with Crippen LogP contribution in [0.4, 0.5) is 10.5 Å². The van der Waals surface area contributed by atoms with Gasteiger partial charge in [-0.05, 0) is 36.6 Å². The first-order chi connectivity index (χ1) is 10.6. The Morgan fingerprint density at radius 2 is 2.14 bits per heavy atom. The average molecular weight is 300 g/mol. The molecule has 6 nitrogen and oxygen atoms in total. The Kier molecular flexibility index (Phi) is 5.37. The molecule has 1 aromatic carbocycles. The van der Waals surface area contributed by atoms with Crippen molar-refractivity contribution in [2.45, 2.75) is 19.8 Å². The maximum atomic E-state index is 11.8. The van der Waals surface area contributed by atoms with E-state index in [1.807, 2.05) is 17.9 Å². The summed E-state index contributed by atoms with van der Waals surface area (Å²) in [7, 11) is 0. The monoisotopic (exact) mass is 300 g/mol. The zero-order chi connectivity index (χ0) is 15.9. The van der Waals surface area contributed by atoms with Crippen LogP contribution in [-0.4, -0.2) is 36.5 Å². The van der Waals surface area contributed by atoms with Crippen LogP contribution in [0.25, 0.3) is 0 Å². The van der Waals surface area contributed by atoms with Crippen LogP contribution in [0.3, 0.4) is 0 Å². The number of carbonyl (C=O) groups excluding carboxylic acids is 2. The number of anilines is 1. The number of rotatable bonds is 5. The second-order valence-electron chi connectivity index (χ2n) is 5.57. The van der Waals surface area contributed by atoms with Crippen LogP contribution >= 0.6 is 0 Å². The number of nitrogens with one attached hydrogen (secondary N) is 2. The van der Waals surface area contributed by atoms with Gasteiger partial charge in [-0.1, -0.05) is 6.92 Å². The lowest BCUT2D eigenvalue weighted by atomic mass is 10.1. The molecule has 1 heterocycles. The predicted octanol–water partition coefficient (Wildman–Crippen LogP) is 1.94. The van der Waals surface area contributed by atoms with E-state index in [2.05, 4.69) is 10.6 Å². The topological polar surface area (TPSA) is 85.2 Å². The van der Waals surface area contributed by atoms with Gasteiger partial charge in [0.25, 0.3) is 0 Å². The average Bonchev–Trinajstić information content (AvgIpc) is 2.91. The first kappa shape index (κ1) is 15.8. The second kappa shape index (κ2) is 7.46. The minimum absolute atomic E-state index is 0.203. The van der Waals surface area contributed by atoms with Gasteiger partial charge in [0.2, 0.25) is 5.91 Å². The molecule has 0 bridgehead atoms. The van der Waals surface area contributed by atoms with Crippen LogP contribution in [-0.2, 0) is 4.79 Å². The Labute approximate surface area is 130 Å². The van der Waals surface area contributed by atoms with Gasteiger partial charge in [-0.3, -0.25) is 4.79 Å². The predicted molar refractivity (Wildman–Crippen MR) is 83.2 cm³/mol. The van der Waals surface area contributed by atoms with Crippen molar-refractivity contribution < 1.29 is 9.59 Å². The fourth-order valence-electron chi connectivity index (χ4n) is 2.41. The van der Waals surface area contributed by atoms with Gasteiger partial charge in [-0.25, -0.2) is 4.79 Å². The van der Waals surface area contributed by atoms with Gasteiger partial charge in [0.15, 0.2) is 0 Å². The summed E-state index contributed by atoms with van der Waals surface area (Å²) in [4.78, 5) is 25.2. The number of carbonyl (C=O) groups is 2. The summed E-state index contributed by atoms with van der Waals surface area (Å²) < 4.78 is 0. The van der Waals surface area contributed by atoms with Gasteiger partial charge in [0, 0.05) is 31.7 Å². The lowest BCUT2D eigenvalue weighted by Crippen LogP contribution is -2.37. The van der Waals surface area contributed by atoms with Crippen molar-refractivity contribution in [3.63, 3.8) is 0 Å². The molecule has 0 aromatic heterocycles. The van der Waals surface area contributed by atoms with E-state index in [4.69, 9.17) is 5.26 Å². The van der Waals surface area contributed by atoms with Gasteiger partial charge >= 0.3 is 6.03 Å². The van der Waals surface area contributed by atoms with Crippen molar-refractivity contribution in [3.05, 3.63) is 29.8 Å². The Balaban J connectivity index is 1.72. The number of hydrogen-bond acceptors (Lipinski definition) is 3. The normalized spacial score (nSPS) is 15.3. The molecule has 0 radical (unpaired) electrons. The zero-order valence-corrected chi connectivity index (χ0v) is 12.6. The highest BCUT2D eigenvalue weighted by Crippen LogP contribution is 2.12. The van der Waals surface area contributed by atoms with E-state index >= 15 is 0 Å². The van der Waals surface area contributed by atoms with Gasteiger partial charge in [0.05, 0.1) is 11.6 Å². The summed E-state index contributed by atoms with van der Waals surface area (Å²) in [6.07, 6.45) is 1.57. The number of hydrogen-bond donors (Lipinski definition) is 2. The summed E-state index contributed by atoms with van der Waals surface area (Å²) >= 11 is 0. The van der Waals surface area contributed by atoms with Crippen molar-refractivity contribution in [1.82, 2.24) is 10.2 Å². The molecular formula is C16H20N4O2. The third kappa shape index (κ3) is 4.48. The Morgan fingerprint density at radius 3 is 2.73 bits per heavy atom.